The second-order valence-corrected chi connectivity index (χ2v) is 16.0. The molecule has 3 aromatic heterocycles. The summed E-state index contributed by atoms with van der Waals surface area (Å²) in [5, 5.41) is 4.49. The lowest BCUT2D eigenvalue weighted by molar-refractivity contribution is 0.224. The maximum absolute atomic E-state index is 6.88. The average molecular weight is 781 g/mol. The van der Waals surface area contributed by atoms with Crippen LogP contribution in [0.25, 0.3) is 94.8 Å². The van der Waals surface area contributed by atoms with Crippen LogP contribution in [0.15, 0.2) is 200 Å². The Bertz CT molecular complexity index is 3550. The van der Waals surface area contributed by atoms with Gasteiger partial charge in [-0.2, -0.15) is 0 Å². The topological polar surface area (TPSA) is 44.9 Å². The molecule has 11 aromatic rings. The van der Waals surface area contributed by atoms with E-state index < -0.39 is 0 Å². The first-order valence-corrected chi connectivity index (χ1v) is 20.9. The van der Waals surface area contributed by atoms with E-state index in [0.29, 0.717) is 5.95 Å². The summed E-state index contributed by atoms with van der Waals surface area (Å²) in [7, 11) is 0. The second-order valence-electron chi connectivity index (χ2n) is 16.0. The Balaban J connectivity index is 1.07. The van der Waals surface area contributed by atoms with E-state index in [9.17, 15) is 0 Å². The summed E-state index contributed by atoms with van der Waals surface area (Å²) < 4.78 is 11.6. The van der Waals surface area contributed by atoms with E-state index in [-0.39, 0.29) is 12.0 Å². The highest BCUT2D eigenvalue weighted by Crippen LogP contribution is 2.54. The Kier molecular flexibility index (Phi) is 7.36. The quantitative estimate of drug-likeness (QED) is 0.175. The Morgan fingerprint density at radius 1 is 0.459 bits per heavy atom. The molecule has 0 radical (unpaired) electrons. The largest absolute Gasteiger partial charge is 0.484 e. The van der Waals surface area contributed by atoms with Crippen LogP contribution in [0.4, 0.5) is 0 Å². The van der Waals surface area contributed by atoms with Gasteiger partial charge in [0.05, 0.1) is 33.5 Å². The molecule has 5 nitrogen and oxygen atoms in total. The number of benzene rings is 8. The van der Waals surface area contributed by atoms with Crippen molar-refractivity contribution in [1.29, 1.82) is 0 Å². The van der Waals surface area contributed by atoms with Crippen LogP contribution in [-0.2, 0) is 0 Å². The zero-order valence-corrected chi connectivity index (χ0v) is 33.0. The fraction of sp³-hybridized carbons (Fsp3) is 0.0357. The van der Waals surface area contributed by atoms with Crippen molar-refractivity contribution < 1.29 is 4.74 Å². The Morgan fingerprint density at radius 2 is 1.08 bits per heavy atom. The molecule has 2 unspecified atom stereocenters. The monoisotopic (exact) mass is 780 g/mol. The van der Waals surface area contributed by atoms with Gasteiger partial charge in [-0.15, -0.1) is 0 Å². The minimum absolute atomic E-state index is 0.131. The molecular weight excluding hydrogens is 745 g/mol. The zero-order valence-electron chi connectivity index (χ0n) is 33.0. The number of aromatic nitrogens is 4. The fourth-order valence-corrected chi connectivity index (χ4v) is 9.96. The standard InChI is InChI=1S/C56H36N4O/c1-3-13-35(14-4-1)37-23-25-39(26-24-37)53-43-18-7-10-20-46(43)57-56(58-53)60-47-21-11-8-19-44(47)51-48(60)34-32-45-52-49(33-31-42-41-17-9-12-22-50(41)61-55(42)52)59(54(45)51)40-29-27-38(28-30-40)36-15-5-2-6-16-36/h1-34,42,55H. The van der Waals surface area contributed by atoms with E-state index in [1.165, 1.54) is 38.8 Å². The maximum Gasteiger partial charge on any atom is 0.235 e. The van der Waals surface area contributed by atoms with Crippen molar-refractivity contribution >= 4 is 49.7 Å². The number of hydrogen-bond acceptors (Lipinski definition) is 3. The molecule has 8 aromatic carbocycles. The molecule has 0 bridgehead atoms. The van der Waals surface area contributed by atoms with E-state index in [2.05, 4.69) is 215 Å². The first kappa shape index (κ1) is 33.9. The molecule has 0 amide bonds. The van der Waals surface area contributed by atoms with Crippen molar-refractivity contribution in [3.63, 3.8) is 0 Å². The Hall–Kier alpha value is -8.02. The molecule has 2 atom stereocenters. The molecule has 0 fully saturated rings. The second kappa shape index (κ2) is 13.2. The van der Waals surface area contributed by atoms with E-state index in [4.69, 9.17) is 14.7 Å². The van der Waals surface area contributed by atoms with Crippen LogP contribution >= 0.6 is 0 Å². The lowest BCUT2D eigenvalue weighted by Crippen LogP contribution is -2.13. The van der Waals surface area contributed by atoms with Crippen LogP contribution in [0.1, 0.15) is 28.8 Å². The summed E-state index contributed by atoms with van der Waals surface area (Å²) in [4.78, 5) is 10.8. The third-order valence-corrected chi connectivity index (χ3v) is 12.7. The number of rotatable bonds is 5. The molecule has 2 aliphatic rings. The highest BCUT2D eigenvalue weighted by atomic mass is 16.5. The lowest BCUT2D eigenvalue weighted by atomic mass is 9.85. The van der Waals surface area contributed by atoms with Gasteiger partial charge in [0.15, 0.2) is 0 Å². The summed E-state index contributed by atoms with van der Waals surface area (Å²) in [6.45, 7) is 0. The molecule has 286 valence electrons. The number of para-hydroxylation sites is 3. The third-order valence-electron chi connectivity index (χ3n) is 12.7. The first-order chi connectivity index (χ1) is 30.3. The molecule has 0 saturated heterocycles. The summed E-state index contributed by atoms with van der Waals surface area (Å²) in [6, 6.07) is 68.9. The van der Waals surface area contributed by atoms with Crippen LogP contribution in [-0.4, -0.2) is 19.1 Å². The van der Waals surface area contributed by atoms with E-state index in [1.54, 1.807) is 0 Å². The third kappa shape index (κ3) is 5.14. The van der Waals surface area contributed by atoms with Crippen LogP contribution in [0, 0.1) is 0 Å². The number of nitrogens with zero attached hydrogens (tertiary/aromatic N) is 4. The van der Waals surface area contributed by atoms with Crippen molar-refractivity contribution in [2.24, 2.45) is 0 Å². The minimum Gasteiger partial charge on any atom is -0.484 e. The van der Waals surface area contributed by atoms with Crippen molar-refractivity contribution in [2.45, 2.75) is 12.0 Å². The highest BCUT2D eigenvalue weighted by molar-refractivity contribution is 6.22. The van der Waals surface area contributed by atoms with Gasteiger partial charge in [-0.05, 0) is 64.7 Å². The zero-order chi connectivity index (χ0) is 40.0. The van der Waals surface area contributed by atoms with Gasteiger partial charge < -0.3 is 9.30 Å². The van der Waals surface area contributed by atoms with Crippen molar-refractivity contribution in [3.05, 3.63) is 217 Å². The molecule has 0 saturated carbocycles. The first-order valence-electron chi connectivity index (χ1n) is 20.9. The molecular formula is C56H36N4O. The Labute approximate surface area is 352 Å². The van der Waals surface area contributed by atoms with Gasteiger partial charge >= 0.3 is 0 Å². The average Bonchev–Trinajstić information content (AvgIpc) is 4.00. The fourth-order valence-electron chi connectivity index (χ4n) is 9.96. The summed E-state index contributed by atoms with van der Waals surface area (Å²) >= 11 is 0. The van der Waals surface area contributed by atoms with Gasteiger partial charge in [-0.1, -0.05) is 164 Å². The highest BCUT2D eigenvalue weighted by Gasteiger charge is 2.40. The molecule has 13 rings (SSSR count). The van der Waals surface area contributed by atoms with Crippen LogP contribution in [0.5, 0.6) is 5.75 Å². The van der Waals surface area contributed by atoms with E-state index >= 15 is 0 Å². The summed E-state index contributed by atoms with van der Waals surface area (Å²) in [6.07, 6.45) is 4.51. The van der Waals surface area contributed by atoms with Crippen LogP contribution < -0.4 is 4.74 Å². The van der Waals surface area contributed by atoms with Crippen molar-refractivity contribution in [1.82, 2.24) is 19.1 Å². The number of fused-ring (bicyclic) bond motifs is 12. The van der Waals surface area contributed by atoms with Crippen LogP contribution in [0.2, 0.25) is 0 Å². The smallest absolute Gasteiger partial charge is 0.235 e. The van der Waals surface area contributed by atoms with E-state index in [1.807, 2.05) is 0 Å². The van der Waals surface area contributed by atoms with Gasteiger partial charge in [0.2, 0.25) is 5.95 Å². The van der Waals surface area contributed by atoms with Crippen LogP contribution in [0.3, 0.4) is 0 Å². The van der Waals surface area contributed by atoms with Gasteiger partial charge in [-0.3, -0.25) is 4.57 Å². The van der Waals surface area contributed by atoms with Gasteiger partial charge in [0.1, 0.15) is 11.9 Å². The normalized spacial score (nSPS) is 15.3. The van der Waals surface area contributed by atoms with Crippen molar-refractivity contribution in [3.8, 4) is 50.9 Å². The predicted molar refractivity (Wildman–Crippen MR) is 249 cm³/mol. The lowest BCUT2D eigenvalue weighted by Gasteiger charge is -2.22. The minimum atomic E-state index is -0.143. The molecule has 0 N–H and O–H groups in total. The summed E-state index contributed by atoms with van der Waals surface area (Å²) in [5.41, 5.74) is 15.5. The molecule has 5 heteroatoms. The van der Waals surface area contributed by atoms with Crippen molar-refractivity contribution in [2.75, 3.05) is 0 Å². The SMILES string of the molecule is C1=CC2c3ccccc3OC2c2c1n(-c1ccc(-c3ccccc3)cc1)c1c2ccc2c1c1ccccc1n2-c1nc(-c2ccc(-c3ccccc3)cc2)c2ccccc2n1. The molecule has 0 spiro atoms. The molecule has 4 heterocycles. The predicted octanol–water partition coefficient (Wildman–Crippen LogP) is 13.9. The van der Waals surface area contributed by atoms with Gasteiger partial charge in [0, 0.05) is 49.8 Å². The van der Waals surface area contributed by atoms with E-state index in [0.717, 1.165) is 66.6 Å². The summed E-state index contributed by atoms with van der Waals surface area (Å²) in [5.74, 6) is 1.72. The maximum atomic E-state index is 6.88. The number of ether oxygens (including phenoxy) is 1. The Morgan fingerprint density at radius 3 is 1.85 bits per heavy atom. The molecule has 61 heavy (non-hydrogen) atoms. The molecule has 1 aliphatic carbocycles. The van der Waals surface area contributed by atoms with Gasteiger partial charge in [-0.25, -0.2) is 9.97 Å². The molecule has 1 aliphatic heterocycles. The van der Waals surface area contributed by atoms with Gasteiger partial charge in [0.25, 0.3) is 0 Å². The number of hydrogen-bond donors (Lipinski definition) is 0.